The van der Waals surface area contributed by atoms with E-state index in [1.165, 1.54) is 11.3 Å². The average Bonchev–Trinajstić information content (AvgIpc) is 3.32. The van der Waals surface area contributed by atoms with Gasteiger partial charge in [0.15, 0.2) is 5.76 Å². The van der Waals surface area contributed by atoms with Crippen molar-refractivity contribution in [3.8, 4) is 0 Å². The highest BCUT2D eigenvalue weighted by molar-refractivity contribution is 7.14. The van der Waals surface area contributed by atoms with Crippen molar-refractivity contribution in [2.24, 2.45) is 0 Å². The molecule has 7 heteroatoms. The van der Waals surface area contributed by atoms with Gasteiger partial charge in [0.2, 0.25) is 5.78 Å². The molecule has 2 aliphatic rings. The van der Waals surface area contributed by atoms with Crippen LogP contribution in [0.15, 0.2) is 27.9 Å². The van der Waals surface area contributed by atoms with Crippen molar-refractivity contribution >= 4 is 23.0 Å². The van der Waals surface area contributed by atoms with Crippen LogP contribution in [0, 0.1) is 20.8 Å². The molecule has 2 aromatic rings. The number of nitrogens with zero attached hydrogens (tertiary/aromatic N) is 2. The predicted octanol–water partition coefficient (Wildman–Crippen LogP) is 4.57. The zero-order chi connectivity index (χ0) is 20.0. The van der Waals surface area contributed by atoms with E-state index in [0.29, 0.717) is 22.1 Å². The van der Waals surface area contributed by atoms with E-state index in [4.69, 9.17) is 4.42 Å². The van der Waals surface area contributed by atoms with E-state index in [1.807, 2.05) is 19.9 Å². The number of aromatic nitrogens is 1. The molecule has 1 amide bonds. The van der Waals surface area contributed by atoms with Crippen LogP contribution in [-0.4, -0.2) is 32.7 Å². The molecule has 4 rings (SSSR count). The minimum absolute atomic E-state index is 0.00611. The predicted molar refractivity (Wildman–Crippen MR) is 105 cm³/mol. The molecular formula is C21H24N2O4S. The monoisotopic (exact) mass is 400 g/mol. The number of furan rings is 1. The van der Waals surface area contributed by atoms with Crippen molar-refractivity contribution in [3.63, 3.8) is 0 Å². The molecule has 1 aliphatic carbocycles. The number of ketones is 1. The lowest BCUT2D eigenvalue weighted by atomic mass is 9.92. The lowest BCUT2D eigenvalue weighted by molar-refractivity contribution is -0.132. The molecule has 0 radical (unpaired) electrons. The van der Waals surface area contributed by atoms with Crippen molar-refractivity contribution in [3.05, 3.63) is 50.6 Å². The normalized spacial score (nSPS) is 21.0. The van der Waals surface area contributed by atoms with E-state index < -0.39 is 17.7 Å². The van der Waals surface area contributed by atoms with E-state index in [9.17, 15) is 14.7 Å². The summed E-state index contributed by atoms with van der Waals surface area (Å²) in [4.78, 5) is 32.9. The van der Waals surface area contributed by atoms with Gasteiger partial charge in [0, 0.05) is 6.04 Å². The van der Waals surface area contributed by atoms with Gasteiger partial charge in [-0.25, -0.2) is 4.98 Å². The first-order valence-corrected chi connectivity index (χ1v) is 10.5. The molecule has 1 aliphatic heterocycles. The fourth-order valence-electron chi connectivity index (χ4n) is 4.33. The third-order valence-corrected chi connectivity index (χ3v) is 6.67. The van der Waals surface area contributed by atoms with E-state index in [-0.39, 0.29) is 17.4 Å². The largest absolute Gasteiger partial charge is 0.503 e. The SMILES string of the molecule is Cc1ccc(C2C(C(=O)c3sc(C)nc3C)=C(O)C(=O)N2C2CCCCC2)o1. The summed E-state index contributed by atoms with van der Waals surface area (Å²) >= 11 is 1.29. The van der Waals surface area contributed by atoms with Crippen LogP contribution in [-0.2, 0) is 4.79 Å². The molecule has 6 nitrogen and oxygen atoms in total. The van der Waals surface area contributed by atoms with Gasteiger partial charge in [-0.2, -0.15) is 0 Å². The molecule has 3 heterocycles. The Bertz CT molecular complexity index is 965. The third kappa shape index (κ3) is 3.07. The summed E-state index contributed by atoms with van der Waals surface area (Å²) in [7, 11) is 0. The molecule has 0 saturated heterocycles. The van der Waals surface area contributed by atoms with Gasteiger partial charge in [-0.3, -0.25) is 9.59 Å². The number of amides is 1. The number of rotatable bonds is 4. The van der Waals surface area contributed by atoms with Gasteiger partial charge in [0.25, 0.3) is 5.91 Å². The fraction of sp³-hybridized carbons (Fsp3) is 0.476. The van der Waals surface area contributed by atoms with Gasteiger partial charge < -0.3 is 14.4 Å². The zero-order valence-electron chi connectivity index (χ0n) is 16.3. The van der Waals surface area contributed by atoms with Gasteiger partial charge in [0.1, 0.15) is 17.6 Å². The lowest BCUT2D eigenvalue weighted by Gasteiger charge is -2.35. The standard InChI is InChI=1S/C21H24N2O4S/c1-11-9-10-15(27-11)17-16(18(24)20-12(2)22-13(3)28-20)19(25)21(26)23(17)14-7-5-4-6-8-14/h9-10,14,17,25H,4-8H2,1-3H3. The zero-order valence-corrected chi connectivity index (χ0v) is 17.1. The number of carbonyl (C=O) groups excluding carboxylic acids is 2. The summed E-state index contributed by atoms with van der Waals surface area (Å²) in [6.45, 7) is 5.44. The van der Waals surface area contributed by atoms with Crippen LogP contribution >= 0.6 is 11.3 Å². The molecule has 1 atom stereocenters. The minimum atomic E-state index is -0.696. The van der Waals surface area contributed by atoms with Gasteiger partial charge in [-0.15, -0.1) is 11.3 Å². The van der Waals surface area contributed by atoms with Gasteiger partial charge >= 0.3 is 0 Å². The van der Waals surface area contributed by atoms with E-state index in [2.05, 4.69) is 4.98 Å². The molecule has 28 heavy (non-hydrogen) atoms. The maximum Gasteiger partial charge on any atom is 0.290 e. The summed E-state index contributed by atoms with van der Waals surface area (Å²) in [5.74, 6) is -0.0589. The fourth-order valence-corrected chi connectivity index (χ4v) is 5.21. The Hall–Kier alpha value is -2.41. The summed E-state index contributed by atoms with van der Waals surface area (Å²) in [5, 5.41) is 11.5. The van der Waals surface area contributed by atoms with Crippen molar-refractivity contribution in [2.75, 3.05) is 0 Å². The van der Waals surface area contributed by atoms with Crippen LogP contribution in [0.2, 0.25) is 0 Å². The number of thiazole rings is 1. The maximum absolute atomic E-state index is 13.4. The van der Waals surface area contributed by atoms with Crippen LogP contribution in [0.25, 0.3) is 0 Å². The Morgan fingerprint density at radius 3 is 2.50 bits per heavy atom. The van der Waals surface area contributed by atoms with Gasteiger partial charge in [-0.05, 0) is 45.7 Å². The van der Waals surface area contributed by atoms with Crippen molar-refractivity contribution < 1.29 is 19.1 Å². The summed E-state index contributed by atoms with van der Waals surface area (Å²) in [5.41, 5.74) is 0.724. The summed E-state index contributed by atoms with van der Waals surface area (Å²) < 4.78 is 5.83. The van der Waals surface area contributed by atoms with Crippen molar-refractivity contribution in [2.45, 2.75) is 65.0 Å². The summed E-state index contributed by atoms with van der Waals surface area (Å²) in [6, 6.07) is 2.91. The first kappa shape index (κ1) is 18.9. The topological polar surface area (TPSA) is 83.6 Å². The molecule has 0 bridgehead atoms. The smallest absolute Gasteiger partial charge is 0.290 e. The Morgan fingerprint density at radius 2 is 1.93 bits per heavy atom. The third-order valence-electron chi connectivity index (χ3n) is 5.60. The molecule has 1 N–H and O–H groups in total. The Labute approximate surface area is 167 Å². The van der Waals surface area contributed by atoms with Crippen LogP contribution in [0.5, 0.6) is 0 Å². The average molecular weight is 401 g/mol. The maximum atomic E-state index is 13.4. The van der Waals surface area contributed by atoms with E-state index in [1.54, 1.807) is 17.9 Å². The van der Waals surface area contributed by atoms with E-state index >= 15 is 0 Å². The highest BCUT2D eigenvalue weighted by Crippen LogP contribution is 2.43. The Morgan fingerprint density at radius 1 is 1.21 bits per heavy atom. The summed E-state index contributed by atoms with van der Waals surface area (Å²) in [6.07, 6.45) is 4.96. The van der Waals surface area contributed by atoms with Crippen LogP contribution < -0.4 is 0 Å². The molecule has 1 fully saturated rings. The van der Waals surface area contributed by atoms with Crippen LogP contribution in [0.1, 0.15) is 70.0 Å². The van der Waals surface area contributed by atoms with E-state index in [0.717, 1.165) is 37.1 Å². The van der Waals surface area contributed by atoms with Gasteiger partial charge in [0.05, 0.1) is 21.2 Å². The number of carbonyl (C=O) groups is 2. The highest BCUT2D eigenvalue weighted by atomic mass is 32.1. The van der Waals surface area contributed by atoms with Crippen LogP contribution in [0.4, 0.5) is 0 Å². The molecule has 1 unspecified atom stereocenters. The first-order valence-electron chi connectivity index (χ1n) is 9.69. The number of hydrogen-bond donors (Lipinski definition) is 1. The Balaban J connectivity index is 1.81. The quantitative estimate of drug-likeness (QED) is 0.760. The number of hydrogen-bond acceptors (Lipinski definition) is 6. The first-order chi connectivity index (χ1) is 13.4. The molecule has 148 valence electrons. The van der Waals surface area contributed by atoms with Gasteiger partial charge in [-0.1, -0.05) is 19.3 Å². The second-order valence-corrected chi connectivity index (χ2v) is 8.80. The number of aliphatic hydroxyl groups excluding tert-OH is 1. The molecular weight excluding hydrogens is 376 g/mol. The molecule has 1 saturated carbocycles. The number of aliphatic hydroxyl groups is 1. The highest BCUT2D eigenvalue weighted by Gasteiger charge is 2.48. The lowest BCUT2D eigenvalue weighted by Crippen LogP contribution is -2.41. The Kier molecular flexibility index (Phi) is 4.87. The van der Waals surface area contributed by atoms with Crippen molar-refractivity contribution in [1.29, 1.82) is 0 Å². The van der Waals surface area contributed by atoms with Crippen LogP contribution in [0.3, 0.4) is 0 Å². The molecule has 2 aromatic heterocycles. The minimum Gasteiger partial charge on any atom is -0.503 e. The van der Waals surface area contributed by atoms with Crippen molar-refractivity contribution in [1.82, 2.24) is 9.88 Å². The number of Topliss-reactive ketones (excluding diaryl/α,β-unsaturated/α-hetero) is 1. The number of aryl methyl sites for hydroxylation is 3. The second kappa shape index (κ2) is 7.20. The molecule has 0 spiro atoms. The second-order valence-electron chi connectivity index (χ2n) is 7.59. The molecule has 0 aromatic carbocycles.